The van der Waals surface area contributed by atoms with Gasteiger partial charge in [0.05, 0.1) is 5.34 Å². The minimum atomic E-state index is -4.71. The molecule has 0 fully saturated rings. The first-order valence-electron chi connectivity index (χ1n) is 1.90. The Morgan fingerprint density at radius 2 is 1.90 bits per heavy atom. The second-order valence-corrected chi connectivity index (χ2v) is 1.26. The first kappa shape index (κ1) is 8.95. The van der Waals surface area contributed by atoms with Crippen LogP contribution in [0.5, 0.6) is 0 Å². The molecule has 0 saturated heterocycles. The Labute approximate surface area is 52.4 Å². The van der Waals surface area contributed by atoms with Crippen molar-refractivity contribution in [3.63, 3.8) is 0 Å². The maximum Gasteiger partial charge on any atom is 0.418 e. The number of alkyl halides is 2. The van der Waals surface area contributed by atoms with Crippen molar-refractivity contribution in [1.29, 1.82) is 0 Å². The summed E-state index contributed by atoms with van der Waals surface area (Å²) in [6, 6.07) is -4.71. The Hall–Kier alpha value is -1.05. The summed E-state index contributed by atoms with van der Waals surface area (Å²) in [5, 5.41) is 6.79. The Balaban J connectivity index is 4.40. The number of hydrogen-bond donors (Lipinski definition) is 2. The van der Waals surface area contributed by atoms with E-state index >= 15 is 0 Å². The van der Waals surface area contributed by atoms with Crippen molar-refractivity contribution in [2.45, 2.75) is 6.05 Å². The number of hydrogen-bond acceptors (Lipinski definition) is 3. The largest absolute Gasteiger partial charge is 0.418 e. The SMILES string of the molecule is NC(=NO)C(F)(F)N(F)F. The highest BCUT2D eigenvalue weighted by Crippen LogP contribution is 2.20. The van der Waals surface area contributed by atoms with E-state index in [0.717, 1.165) is 0 Å². The molecule has 0 atom stereocenters. The van der Waals surface area contributed by atoms with Gasteiger partial charge in [-0.3, -0.25) is 0 Å². The van der Waals surface area contributed by atoms with Gasteiger partial charge in [-0.25, -0.2) is 0 Å². The molecule has 0 bridgehead atoms. The van der Waals surface area contributed by atoms with E-state index in [-0.39, 0.29) is 0 Å². The average molecular weight is 161 g/mol. The number of halogens is 4. The third-order valence-electron chi connectivity index (χ3n) is 0.628. The van der Waals surface area contributed by atoms with Crippen LogP contribution in [0, 0.1) is 0 Å². The van der Waals surface area contributed by atoms with Gasteiger partial charge >= 0.3 is 6.05 Å². The second kappa shape index (κ2) is 2.69. The molecule has 4 nitrogen and oxygen atoms in total. The summed E-state index contributed by atoms with van der Waals surface area (Å²) in [5.74, 6) is -1.86. The minimum Gasteiger partial charge on any atom is -0.409 e. The van der Waals surface area contributed by atoms with Crippen molar-refractivity contribution in [2.24, 2.45) is 10.9 Å². The summed E-state index contributed by atoms with van der Waals surface area (Å²) in [4.78, 5) is 0. The molecule has 10 heavy (non-hydrogen) atoms. The molecule has 0 aromatic carbocycles. The third kappa shape index (κ3) is 1.47. The standard InChI is InChI=1S/C2H3F4N3O/c3-2(4,9(5)6)1(7)8-10/h10H,(H2,7,8). The zero-order valence-electron chi connectivity index (χ0n) is 4.43. The van der Waals surface area contributed by atoms with E-state index in [1.165, 1.54) is 0 Å². The van der Waals surface area contributed by atoms with E-state index in [0.29, 0.717) is 0 Å². The molecule has 0 saturated carbocycles. The van der Waals surface area contributed by atoms with Crippen molar-refractivity contribution in [3.05, 3.63) is 0 Å². The number of rotatable bonds is 2. The van der Waals surface area contributed by atoms with Crippen LogP contribution < -0.4 is 5.73 Å². The van der Waals surface area contributed by atoms with Gasteiger partial charge < -0.3 is 10.9 Å². The molecule has 60 valence electrons. The van der Waals surface area contributed by atoms with E-state index < -0.39 is 17.2 Å². The highest BCUT2D eigenvalue weighted by atomic mass is 19.4. The van der Waals surface area contributed by atoms with E-state index in [1.54, 1.807) is 5.16 Å². The minimum absolute atomic E-state index is 1.70. The fourth-order valence-corrected chi connectivity index (χ4v) is 0.147. The van der Waals surface area contributed by atoms with E-state index in [4.69, 9.17) is 5.21 Å². The molecule has 0 radical (unpaired) electrons. The normalized spacial score (nSPS) is 14.3. The highest BCUT2D eigenvalue weighted by Gasteiger charge is 2.45. The van der Waals surface area contributed by atoms with Crippen LogP contribution in [0.4, 0.5) is 17.7 Å². The predicted octanol–water partition coefficient (Wildman–Crippen LogP) is 0.397. The quantitative estimate of drug-likeness (QED) is 0.117. The van der Waals surface area contributed by atoms with Crippen LogP contribution in [0.15, 0.2) is 5.16 Å². The number of nitrogens with zero attached hydrogens (tertiary/aromatic N) is 2. The number of nitrogens with two attached hydrogens (primary N) is 1. The molecular weight excluding hydrogens is 158 g/mol. The molecule has 0 rings (SSSR count). The van der Waals surface area contributed by atoms with Crippen LogP contribution in [-0.4, -0.2) is 22.4 Å². The number of amidine groups is 1. The fourth-order valence-electron chi connectivity index (χ4n) is 0.147. The molecule has 0 aliphatic carbocycles. The van der Waals surface area contributed by atoms with Gasteiger partial charge in [0.2, 0.25) is 5.84 Å². The maximum atomic E-state index is 11.7. The van der Waals surface area contributed by atoms with Gasteiger partial charge in [0.25, 0.3) is 0 Å². The van der Waals surface area contributed by atoms with Crippen LogP contribution in [0.25, 0.3) is 0 Å². The summed E-state index contributed by atoms with van der Waals surface area (Å²) in [5.41, 5.74) is 4.18. The lowest BCUT2D eigenvalue weighted by atomic mass is 10.5. The predicted molar refractivity (Wildman–Crippen MR) is 22.4 cm³/mol. The zero-order chi connectivity index (χ0) is 8.36. The van der Waals surface area contributed by atoms with Crippen molar-refractivity contribution >= 4 is 5.84 Å². The van der Waals surface area contributed by atoms with Crippen molar-refractivity contribution in [1.82, 2.24) is 5.34 Å². The van der Waals surface area contributed by atoms with Gasteiger partial charge in [0, 0.05) is 0 Å². The Kier molecular flexibility index (Phi) is 2.41. The van der Waals surface area contributed by atoms with E-state index in [9.17, 15) is 17.7 Å². The van der Waals surface area contributed by atoms with Gasteiger partial charge in [-0.1, -0.05) is 14.1 Å². The maximum absolute atomic E-state index is 11.7. The Morgan fingerprint density at radius 3 is 2.00 bits per heavy atom. The zero-order valence-corrected chi connectivity index (χ0v) is 4.43. The fraction of sp³-hybridized carbons (Fsp3) is 0.500. The molecule has 0 spiro atoms. The van der Waals surface area contributed by atoms with Gasteiger partial charge in [0.15, 0.2) is 0 Å². The molecule has 3 N–H and O–H groups in total. The third-order valence-corrected chi connectivity index (χ3v) is 0.628. The molecule has 8 heteroatoms. The summed E-state index contributed by atoms with van der Waals surface area (Å²) in [6.45, 7) is 0. The Morgan fingerprint density at radius 1 is 1.50 bits per heavy atom. The lowest BCUT2D eigenvalue weighted by molar-refractivity contribution is -0.298. The lowest BCUT2D eigenvalue weighted by Gasteiger charge is -2.12. The van der Waals surface area contributed by atoms with Gasteiger partial charge in [0.1, 0.15) is 0 Å². The van der Waals surface area contributed by atoms with Gasteiger partial charge in [-0.05, 0) is 0 Å². The first-order valence-corrected chi connectivity index (χ1v) is 1.90. The molecule has 0 aromatic rings. The monoisotopic (exact) mass is 161 g/mol. The summed E-state index contributed by atoms with van der Waals surface area (Å²) in [6.07, 6.45) is 0. The van der Waals surface area contributed by atoms with Crippen molar-refractivity contribution < 1.29 is 23.0 Å². The van der Waals surface area contributed by atoms with Crippen molar-refractivity contribution in [3.8, 4) is 0 Å². The molecule has 0 heterocycles. The van der Waals surface area contributed by atoms with Crippen LogP contribution in [-0.2, 0) is 0 Å². The second-order valence-electron chi connectivity index (χ2n) is 1.26. The topological polar surface area (TPSA) is 61.9 Å². The smallest absolute Gasteiger partial charge is 0.409 e. The summed E-state index contributed by atoms with van der Waals surface area (Å²) >= 11 is 0. The molecule has 0 aromatic heterocycles. The summed E-state index contributed by atoms with van der Waals surface area (Å²) < 4.78 is 45.5. The van der Waals surface area contributed by atoms with Crippen LogP contribution in [0.2, 0.25) is 0 Å². The van der Waals surface area contributed by atoms with E-state index in [2.05, 4.69) is 5.73 Å². The molecule has 0 unspecified atom stereocenters. The summed E-state index contributed by atoms with van der Waals surface area (Å²) in [7, 11) is 0. The molecular formula is C2H3F4N3O. The van der Waals surface area contributed by atoms with Crippen LogP contribution in [0.1, 0.15) is 0 Å². The van der Waals surface area contributed by atoms with Gasteiger partial charge in [-0.2, -0.15) is 8.78 Å². The van der Waals surface area contributed by atoms with Crippen LogP contribution in [0.3, 0.4) is 0 Å². The molecule has 0 aliphatic heterocycles. The molecule has 0 amide bonds. The average Bonchev–Trinajstić information content (AvgIpc) is 1.86. The van der Waals surface area contributed by atoms with Crippen molar-refractivity contribution in [2.75, 3.05) is 0 Å². The number of oxime groups is 1. The Bertz CT molecular complexity index is 145. The first-order chi connectivity index (χ1) is 4.42. The van der Waals surface area contributed by atoms with Gasteiger partial charge in [-0.15, -0.1) is 0 Å². The van der Waals surface area contributed by atoms with E-state index in [1.807, 2.05) is 0 Å². The lowest BCUT2D eigenvalue weighted by Crippen LogP contribution is -2.43. The van der Waals surface area contributed by atoms with Crippen LogP contribution >= 0.6 is 0 Å². The highest BCUT2D eigenvalue weighted by molar-refractivity contribution is 5.85. The molecule has 0 aliphatic rings.